The molecule has 1 saturated heterocycles. The average molecular weight is 441 g/mol. The number of nitrogens with one attached hydrogen (secondary N) is 1. The number of ketones is 1. The molecule has 4 rings (SSSR count). The van der Waals surface area contributed by atoms with E-state index in [-0.39, 0.29) is 22.0 Å². The van der Waals surface area contributed by atoms with E-state index in [4.69, 9.17) is 10.8 Å². The van der Waals surface area contributed by atoms with E-state index in [9.17, 15) is 14.0 Å². The highest BCUT2D eigenvalue weighted by Crippen LogP contribution is 2.30. The molecule has 0 bridgehead atoms. The number of aromatic nitrogens is 1. The summed E-state index contributed by atoms with van der Waals surface area (Å²) in [7, 11) is 0. The van der Waals surface area contributed by atoms with Gasteiger partial charge < -0.3 is 26.0 Å². The van der Waals surface area contributed by atoms with E-state index in [0.717, 1.165) is 22.7 Å². The molecule has 1 aliphatic heterocycles. The van der Waals surface area contributed by atoms with E-state index >= 15 is 0 Å². The quantitative estimate of drug-likeness (QED) is 0.518. The Hall–Kier alpha value is -3.66. The molecule has 31 heavy (non-hydrogen) atoms. The molecule has 2 heterocycles. The molecule has 2 aromatic carbocycles. The van der Waals surface area contributed by atoms with Gasteiger partial charge in [0.1, 0.15) is 16.5 Å². The van der Waals surface area contributed by atoms with Crippen molar-refractivity contribution in [1.82, 2.24) is 9.88 Å². The standard InChI is InChI=1S/C21H20FN5O3S/c22-14-3-1-2-13(12-14)17(28)18-19(23)25-20(31-18)24-15-4-6-16(7-5-15)26-8-10-27(11-9-26)21(29)30/h1-7,12H,8-11,23H2,(H,24,25)(H,29,30). The third-order valence-electron chi connectivity index (χ3n) is 4.98. The van der Waals surface area contributed by atoms with Crippen LogP contribution in [0, 0.1) is 5.82 Å². The highest BCUT2D eigenvalue weighted by molar-refractivity contribution is 7.18. The van der Waals surface area contributed by atoms with Crippen LogP contribution >= 0.6 is 11.3 Å². The van der Waals surface area contributed by atoms with Crippen LogP contribution in [-0.4, -0.2) is 53.0 Å². The number of hydrogen-bond donors (Lipinski definition) is 3. The lowest BCUT2D eigenvalue weighted by Gasteiger charge is -2.34. The number of carboxylic acid groups (broad SMARTS) is 1. The summed E-state index contributed by atoms with van der Waals surface area (Å²) in [4.78, 5) is 31.6. The first-order valence-electron chi connectivity index (χ1n) is 9.57. The molecule has 160 valence electrons. The Kier molecular flexibility index (Phi) is 5.72. The number of carbonyl (C=O) groups excluding carboxylic acids is 1. The Morgan fingerprint density at radius 1 is 1.10 bits per heavy atom. The van der Waals surface area contributed by atoms with Crippen molar-refractivity contribution in [2.45, 2.75) is 0 Å². The monoisotopic (exact) mass is 441 g/mol. The lowest BCUT2D eigenvalue weighted by Crippen LogP contribution is -2.48. The molecular weight excluding hydrogens is 421 g/mol. The van der Waals surface area contributed by atoms with Gasteiger partial charge in [-0.3, -0.25) is 4.79 Å². The highest BCUT2D eigenvalue weighted by atomic mass is 32.1. The number of benzene rings is 2. The number of rotatable bonds is 5. The van der Waals surface area contributed by atoms with Crippen molar-refractivity contribution in [2.75, 3.05) is 42.1 Å². The van der Waals surface area contributed by atoms with Gasteiger partial charge in [-0.1, -0.05) is 23.5 Å². The van der Waals surface area contributed by atoms with Crippen molar-refractivity contribution in [3.05, 3.63) is 64.8 Å². The first-order chi connectivity index (χ1) is 14.9. The zero-order valence-electron chi connectivity index (χ0n) is 16.4. The zero-order valence-corrected chi connectivity index (χ0v) is 17.2. The van der Waals surface area contributed by atoms with Crippen LogP contribution in [0.1, 0.15) is 15.2 Å². The number of amides is 1. The van der Waals surface area contributed by atoms with Gasteiger partial charge in [0.25, 0.3) is 0 Å². The molecule has 0 unspecified atom stereocenters. The molecule has 0 aliphatic carbocycles. The van der Waals surface area contributed by atoms with Crippen LogP contribution in [0.3, 0.4) is 0 Å². The predicted molar refractivity (Wildman–Crippen MR) is 118 cm³/mol. The number of hydrogen-bond acceptors (Lipinski definition) is 7. The molecule has 10 heteroatoms. The second-order valence-corrected chi connectivity index (χ2v) is 8.00. The number of nitrogens with zero attached hydrogens (tertiary/aromatic N) is 3. The number of piperazine rings is 1. The Labute approximate surface area is 181 Å². The van der Waals surface area contributed by atoms with Gasteiger partial charge in [-0.05, 0) is 36.4 Å². The molecule has 0 spiro atoms. The van der Waals surface area contributed by atoms with Crippen molar-refractivity contribution >= 4 is 45.5 Å². The first kappa shape index (κ1) is 20.6. The largest absolute Gasteiger partial charge is 0.465 e. The minimum Gasteiger partial charge on any atom is -0.465 e. The molecule has 3 aromatic rings. The first-order valence-corrected chi connectivity index (χ1v) is 10.4. The molecule has 4 N–H and O–H groups in total. The van der Waals surface area contributed by atoms with Crippen LogP contribution in [0.5, 0.6) is 0 Å². The maximum Gasteiger partial charge on any atom is 0.407 e. The summed E-state index contributed by atoms with van der Waals surface area (Å²) in [6.45, 7) is 2.20. The Morgan fingerprint density at radius 2 is 1.81 bits per heavy atom. The Balaban J connectivity index is 1.43. The van der Waals surface area contributed by atoms with Crippen molar-refractivity contribution < 1.29 is 19.1 Å². The van der Waals surface area contributed by atoms with Crippen molar-refractivity contribution in [3.8, 4) is 0 Å². The molecule has 1 aromatic heterocycles. The third kappa shape index (κ3) is 4.58. The number of nitrogens with two attached hydrogens (primary N) is 1. The lowest BCUT2D eigenvalue weighted by atomic mass is 10.1. The molecular formula is C21H20FN5O3S. The molecule has 8 nitrogen and oxygen atoms in total. The number of halogens is 1. The SMILES string of the molecule is Nc1nc(Nc2ccc(N3CCN(C(=O)O)CC3)cc2)sc1C(=O)c1cccc(F)c1. The highest BCUT2D eigenvalue weighted by Gasteiger charge is 2.21. The van der Waals surface area contributed by atoms with Crippen LogP contribution in [0.25, 0.3) is 0 Å². The molecule has 0 saturated carbocycles. The fourth-order valence-electron chi connectivity index (χ4n) is 3.34. The van der Waals surface area contributed by atoms with Gasteiger partial charge in [-0.25, -0.2) is 14.2 Å². The van der Waals surface area contributed by atoms with Gasteiger partial charge in [-0.2, -0.15) is 0 Å². The second-order valence-electron chi connectivity index (χ2n) is 7.00. The number of nitrogen functional groups attached to an aromatic ring is 1. The molecule has 1 fully saturated rings. The van der Waals surface area contributed by atoms with Gasteiger partial charge in [0.05, 0.1) is 0 Å². The summed E-state index contributed by atoms with van der Waals surface area (Å²) in [5.74, 6) is -0.773. The maximum atomic E-state index is 13.4. The van der Waals surface area contributed by atoms with Crippen LogP contribution in [0.15, 0.2) is 48.5 Å². The van der Waals surface area contributed by atoms with E-state index < -0.39 is 11.9 Å². The van der Waals surface area contributed by atoms with E-state index in [1.54, 1.807) is 0 Å². The Bertz CT molecular complexity index is 1110. The smallest absolute Gasteiger partial charge is 0.407 e. The fraction of sp³-hybridized carbons (Fsp3) is 0.190. The van der Waals surface area contributed by atoms with Crippen molar-refractivity contribution in [1.29, 1.82) is 0 Å². The van der Waals surface area contributed by atoms with Crippen LogP contribution < -0.4 is 16.0 Å². The topological polar surface area (TPSA) is 112 Å². The summed E-state index contributed by atoms with van der Waals surface area (Å²) in [6, 6.07) is 13.1. The number of thiazole rings is 1. The average Bonchev–Trinajstić information content (AvgIpc) is 3.13. The zero-order chi connectivity index (χ0) is 22.0. The van der Waals surface area contributed by atoms with Crippen LogP contribution in [0.4, 0.5) is 31.5 Å². The lowest BCUT2D eigenvalue weighted by molar-refractivity contribution is 0.104. The van der Waals surface area contributed by atoms with E-state index in [0.29, 0.717) is 31.3 Å². The molecule has 0 radical (unpaired) electrons. The van der Waals surface area contributed by atoms with Crippen LogP contribution in [-0.2, 0) is 0 Å². The van der Waals surface area contributed by atoms with Gasteiger partial charge >= 0.3 is 6.09 Å². The van der Waals surface area contributed by atoms with Crippen molar-refractivity contribution in [3.63, 3.8) is 0 Å². The summed E-state index contributed by atoms with van der Waals surface area (Å²) >= 11 is 1.11. The second kappa shape index (κ2) is 8.60. The normalized spacial score (nSPS) is 13.8. The van der Waals surface area contributed by atoms with Crippen LogP contribution in [0.2, 0.25) is 0 Å². The summed E-state index contributed by atoms with van der Waals surface area (Å²) in [5, 5.41) is 12.6. The van der Waals surface area contributed by atoms with Crippen molar-refractivity contribution in [2.24, 2.45) is 0 Å². The molecule has 1 aliphatic rings. The third-order valence-corrected chi connectivity index (χ3v) is 5.97. The fourth-order valence-corrected chi connectivity index (χ4v) is 4.21. The van der Waals surface area contributed by atoms with Gasteiger partial charge in [0, 0.05) is 43.1 Å². The van der Waals surface area contributed by atoms with Gasteiger partial charge in [0.15, 0.2) is 5.13 Å². The molecule has 1 amide bonds. The molecule has 0 atom stereocenters. The van der Waals surface area contributed by atoms with E-state index in [2.05, 4.69) is 15.2 Å². The minimum atomic E-state index is -0.892. The van der Waals surface area contributed by atoms with Gasteiger partial charge in [-0.15, -0.1) is 0 Å². The predicted octanol–water partition coefficient (Wildman–Crippen LogP) is 3.64. The Morgan fingerprint density at radius 3 is 2.45 bits per heavy atom. The minimum absolute atomic E-state index is 0.0923. The summed E-state index contributed by atoms with van der Waals surface area (Å²) < 4.78 is 13.4. The summed E-state index contributed by atoms with van der Waals surface area (Å²) in [6.07, 6.45) is -0.892. The number of carbonyl (C=O) groups is 2. The van der Waals surface area contributed by atoms with E-state index in [1.807, 2.05) is 24.3 Å². The van der Waals surface area contributed by atoms with E-state index in [1.165, 1.54) is 29.2 Å². The summed E-state index contributed by atoms with van der Waals surface area (Å²) in [5.41, 5.74) is 7.90. The van der Waals surface area contributed by atoms with Gasteiger partial charge in [0.2, 0.25) is 5.78 Å². The maximum absolute atomic E-state index is 13.4. The number of anilines is 4.